The quantitative estimate of drug-likeness (QED) is 0.148. The van der Waals surface area contributed by atoms with Gasteiger partial charge in [-0.1, -0.05) is 39.3 Å². The Labute approximate surface area is 359 Å². The second-order valence-corrected chi connectivity index (χ2v) is 21.2. The summed E-state index contributed by atoms with van der Waals surface area (Å²) in [7, 11) is 0. The molecule has 16 heteroatoms. The smallest absolute Gasteiger partial charge is 0.187 e. The molecule has 4 aliphatic carbocycles. The van der Waals surface area contributed by atoms with Crippen molar-refractivity contribution < 1.29 is 74.4 Å². The van der Waals surface area contributed by atoms with Crippen LogP contribution in [0, 0.1) is 46.3 Å². The van der Waals surface area contributed by atoms with E-state index in [4.69, 9.17) is 28.4 Å². The number of allylic oxidation sites excluding steroid dienone is 1. The molecule has 0 aromatic rings. The predicted molar refractivity (Wildman–Crippen MR) is 215 cm³/mol. The van der Waals surface area contributed by atoms with Crippen LogP contribution >= 0.6 is 0 Å². The van der Waals surface area contributed by atoms with E-state index < -0.39 is 105 Å². The van der Waals surface area contributed by atoms with Gasteiger partial charge in [-0.2, -0.15) is 0 Å². The van der Waals surface area contributed by atoms with E-state index in [2.05, 4.69) is 38.7 Å². The first-order chi connectivity index (χ1) is 29.0. The van der Waals surface area contributed by atoms with Crippen LogP contribution in [-0.2, 0) is 28.4 Å². The first-order valence-electron chi connectivity index (χ1n) is 23.4. The van der Waals surface area contributed by atoms with Crippen molar-refractivity contribution in [1.29, 1.82) is 0 Å². The number of aliphatic hydroxyl groups is 9. The third-order valence-electron chi connectivity index (χ3n) is 18.0. The third kappa shape index (κ3) is 7.42. The van der Waals surface area contributed by atoms with E-state index in [1.165, 1.54) is 51.1 Å². The SMILES string of the molecule is C[C@H]1CC[C@H]2[C@@H](C)[C@H]3[C@H](C[C@H]4[C@@H]5CC=C6C[C@@H](O[C@@H]7O[C@H](CO)[C@H](O)[C@H](O[C@@H]8O[C@H](CO)[C@@H](O)[C@H](O)[C@H]8O)[C@H]7O[C@H]7O[C@H](C)[C@@H](O)[C@H](O)[C@@H]7O)CC[C@]6(C)[C@H]5CC[C@]34C)N2C1. The van der Waals surface area contributed by atoms with Gasteiger partial charge in [0.1, 0.15) is 67.1 Å². The summed E-state index contributed by atoms with van der Waals surface area (Å²) in [4.78, 5) is 2.94. The van der Waals surface area contributed by atoms with Crippen LogP contribution in [0.1, 0.15) is 92.4 Å². The number of hydrogen-bond donors (Lipinski definition) is 9. The van der Waals surface area contributed by atoms with E-state index in [0.29, 0.717) is 42.1 Å². The van der Waals surface area contributed by atoms with Gasteiger partial charge in [0.05, 0.1) is 25.4 Å². The van der Waals surface area contributed by atoms with Gasteiger partial charge in [0.15, 0.2) is 18.9 Å². The van der Waals surface area contributed by atoms with Crippen molar-refractivity contribution in [2.45, 2.75) is 203 Å². The summed E-state index contributed by atoms with van der Waals surface area (Å²) in [6, 6.07) is 1.43. The average molecular weight is 868 g/mol. The molecule has 0 radical (unpaired) electrons. The lowest BCUT2D eigenvalue weighted by atomic mass is 9.47. The summed E-state index contributed by atoms with van der Waals surface area (Å²) in [5.41, 5.74) is 1.72. The molecule has 0 bridgehead atoms. The molecule has 26 atom stereocenters. The standard InChI is InChI=1S/C45H73NO15/c1-19-6-9-27-20(2)31-28(46(27)16-19)15-26-24-8-7-22-14-23(10-12-44(22,4)25(24)11-13-45(26,31)5)57-43-40(61-41-37(54)35(52)32(49)21(3)56-41)39(34(51)30(18-48)59-43)60-42-38(55)36(53)33(50)29(17-47)58-42/h7,19-21,23-43,47-55H,6,8-18H2,1-5H3/t19-,20+,21+,23-,24+,25-,26-,27-,28-,29+,30+,31-,32+,33+,34-,35-,36-,37-,38+,39-,40+,41+,42-,43+,44-,45-/m0/s1. The zero-order valence-corrected chi connectivity index (χ0v) is 36.3. The Bertz CT molecular complexity index is 1590. The molecule has 0 unspecified atom stereocenters. The van der Waals surface area contributed by atoms with Crippen LogP contribution in [0.25, 0.3) is 0 Å². The maximum atomic E-state index is 11.6. The Balaban J connectivity index is 0.952. The van der Waals surface area contributed by atoms with E-state index in [-0.39, 0.29) is 11.5 Å². The van der Waals surface area contributed by atoms with Crippen molar-refractivity contribution in [1.82, 2.24) is 4.90 Å². The fourth-order valence-electron chi connectivity index (χ4n) is 14.7. The Hall–Kier alpha value is -0.900. The highest BCUT2D eigenvalue weighted by Gasteiger charge is 2.66. The number of rotatable bonds is 8. The normalized spacial score (nSPS) is 57.3. The lowest BCUT2D eigenvalue weighted by Gasteiger charge is -2.58. The number of aliphatic hydroxyl groups excluding tert-OH is 9. The lowest BCUT2D eigenvalue weighted by Crippen LogP contribution is -2.67. The Kier molecular flexibility index (Phi) is 12.7. The van der Waals surface area contributed by atoms with Gasteiger partial charge in [0.25, 0.3) is 0 Å². The number of nitrogens with zero attached hydrogens (tertiary/aromatic N) is 1. The van der Waals surface area contributed by atoms with Crippen LogP contribution < -0.4 is 0 Å². The predicted octanol–water partition coefficient (Wildman–Crippen LogP) is 0.155. The summed E-state index contributed by atoms with van der Waals surface area (Å²) in [6.07, 6.45) is -11.1. The highest BCUT2D eigenvalue weighted by atomic mass is 16.8. The molecule has 0 aromatic heterocycles. The van der Waals surface area contributed by atoms with Gasteiger partial charge in [-0.05, 0) is 111 Å². The molecule has 3 saturated carbocycles. The Morgan fingerprint density at radius 1 is 0.672 bits per heavy atom. The minimum Gasteiger partial charge on any atom is -0.394 e. The molecular weight excluding hydrogens is 794 g/mol. The summed E-state index contributed by atoms with van der Waals surface area (Å²) in [5, 5.41) is 95.8. The molecule has 348 valence electrons. The first kappa shape index (κ1) is 45.3. The molecule has 16 nitrogen and oxygen atoms in total. The zero-order valence-electron chi connectivity index (χ0n) is 36.3. The van der Waals surface area contributed by atoms with Crippen LogP contribution in [0.3, 0.4) is 0 Å². The minimum absolute atomic E-state index is 0.00462. The highest BCUT2D eigenvalue weighted by Crippen LogP contribution is 2.70. The second-order valence-electron chi connectivity index (χ2n) is 21.2. The molecule has 5 heterocycles. The fourth-order valence-corrected chi connectivity index (χ4v) is 14.7. The summed E-state index contributed by atoms with van der Waals surface area (Å²) in [5.74, 6) is 4.15. The van der Waals surface area contributed by atoms with Crippen molar-refractivity contribution in [2.24, 2.45) is 46.3 Å². The van der Waals surface area contributed by atoms with Crippen molar-refractivity contribution in [3.63, 3.8) is 0 Å². The van der Waals surface area contributed by atoms with Gasteiger partial charge in [-0.15, -0.1) is 0 Å². The number of piperidine rings is 1. The molecule has 9 N–H and O–H groups in total. The average Bonchev–Trinajstić information content (AvgIpc) is 3.71. The van der Waals surface area contributed by atoms with Crippen LogP contribution in [0.2, 0.25) is 0 Å². The fraction of sp³-hybridized carbons (Fsp3) is 0.956. The van der Waals surface area contributed by atoms with E-state index in [1.807, 2.05) is 0 Å². The van der Waals surface area contributed by atoms with Gasteiger partial charge in [0.2, 0.25) is 0 Å². The molecule has 9 rings (SSSR count). The highest BCUT2D eigenvalue weighted by molar-refractivity contribution is 5.27. The molecule has 0 aromatic carbocycles. The van der Waals surface area contributed by atoms with Crippen LogP contribution in [-0.4, -0.2) is 181 Å². The molecule has 0 spiro atoms. The number of fused-ring (bicyclic) bond motifs is 9. The van der Waals surface area contributed by atoms with Gasteiger partial charge in [-0.3, -0.25) is 4.90 Å². The molecule has 0 amide bonds. The largest absolute Gasteiger partial charge is 0.394 e. The monoisotopic (exact) mass is 867 g/mol. The number of ether oxygens (including phenoxy) is 6. The molecular formula is C45H73NO15. The molecule has 8 fully saturated rings. The lowest BCUT2D eigenvalue weighted by molar-refractivity contribution is -0.394. The second kappa shape index (κ2) is 17.1. The van der Waals surface area contributed by atoms with Crippen molar-refractivity contribution in [3.8, 4) is 0 Å². The van der Waals surface area contributed by atoms with E-state index in [1.54, 1.807) is 0 Å². The summed E-state index contributed by atoms with van der Waals surface area (Å²) < 4.78 is 36.8. The van der Waals surface area contributed by atoms with Gasteiger partial charge < -0.3 is 74.4 Å². The summed E-state index contributed by atoms with van der Waals surface area (Å²) >= 11 is 0. The van der Waals surface area contributed by atoms with Crippen molar-refractivity contribution >= 4 is 0 Å². The van der Waals surface area contributed by atoms with Crippen LogP contribution in [0.4, 0.5) is 0 Å². The topological polar surface area (TPSA) is 241 Å². The van der Waals surface area contributed by atoms with Gasteiger partial charge in [0, 0.05) is 18.6 Å². The first-order valence-corrected chi connectivity index (χ1v) is 23.4. The third-order valence-corrected chi connectivity index (χ3v) is 18.0. The molecule has 9 aliphatic rings. The maximum Gasteiger partial charge on any atom is 0.187 e. The van der Waals surface area contributed by atoms with E-state index in [0.717, 1.165) is 36.6 Å². The molecule has 61 heavy (non-hydrogen) atoms. The molecule has 5 aliphatic heterocycles. The minimum atomic E-state index is -1.83. The summed E-state index contributed by atoms with van der Waals surface area (Å²) in [6.45, 7) is 11.4. The van der Waals surface area contributed by atoms with Crippen LogP contribution in [0.15, 0.2) is 11.6 Å². The van der Waals surface area contributed by atoms with E-state index >= 15 is 0 Å². The van der Waals surface area contributed by atoms with Gasteiger partial charge in [-0.25, -0.2) is 0 Å². The van der Waals surface area contributed by atoms with Crippen molar-refractivity contribution in [3.05, 3.63) is 11.6 Å². The van der Waals surface area contributed by atoms with Crippen LogP contribution in [0.5, 0.6) is 0 Å². The maximum absolute atomic E-state index is 11.6. The Morgan fingerprint density at radius 2 is 1.33 bits per heavy atom. The van der Waals surface area contributed by atoms with Gasteiger partial charge >= 0.3 is 0 Å². The molecule has 5 saturated heterocycles. The Morgan fingerprint density at radius 3 is 2.05 bits per heavy atom. The number of hydrogen-bond acceptors (Lipinski definition) is 16. The van der Waals surface area contributed by atoms with Crippen molar-refractivity contribution in [2.75, 3.05) is 19.8 Å². The zero-order chi connectivity index (χ0) is 43.4. The van der Waals surface area contributed by atoms with E-state index in [9.17, 15) is 46.0 Å².